The summed E-state index contributed by atoms with van der Waals surface area (Å²) < 4.78 is 37.2. The Morgan fingerprint density at radius 3 is 2.21 bits per heavy atom. The molecule has 2 aromatic rings. The molecule has 1 N–H and O–H groups in total. The van der Waals surface area contributed by atoms with Crippen molar-refractivity contribution >= 4 is 22.6 Å². The van der Waals surface area contributed by atoms with E-state index in [1.54, 1.807) is 26.0 Å². The molecule has 0 saturated carbocycles. The molecule has 2 aromatic carbocycles. The minimum atomic E-state index is -4.92. The molecule has 0 bridgehead atoms. The van der Waals surface area contributed by atoms with Crippen LogP contribution in [0.2, 0.25) is 0 Å². The topological polar surface area (TPSA) is 86.7 Å². The average molecular weight is 356 g/mol. The monoisotopic (exact) mass is 356 g/mol. The average Bonchev–Trinajstić information content (AvgIpc) is 2.43. The second-order valence-electron chi connectivity index (χ2n) is 5.34. The first kappa shape index (κ1) is 20.7. The van der Waals surface area contributed by atoms with E-state index in [0.717, 1.165) is 5.56 Å². The predicted octanol–water partition coefficient (Wildman–Crippen LogP) is 0.529. The van der Waals surface area contributed by atoms with Gasteiger partial charge in [0.2, 0.25) is 0 Å². The Morgan fingerprint density at radius 1 is 1.08 bits per heavy atom. The molecular formula is C17H17NaO5S. The summed E-state index contributed by atoms with van der Waals surface area (Å²) in [6, 6.07) is 12.4. The normalized spacial score (nSPS) is 11.5. The quantitative estimate of drug-likeness (QED) is 0.365. The van der Waals surface area contributed by atoms with Crippen LogP contribution in [0.15, 0.2) is 42.5 Å². The van der Waals surface area contributed by atoms with Gasteiger partial charge >= 0.3 is 29.6 Å². The zero-order valence-electron chi connectivity index (χ0n) is 13.8. The van der Waals surface area contributed by atoms with Gasteiger partial charge in [-0.3, -0.25) is 0 Å². The van der Waals surface area contributed by atoms with E-state index < -0.39 is 10.4 Å². The molecule has 0 unspecified atom stereocenters. The second kappa shape index (κ2) is 8.69. The van der Waals surface area contributed by atoms with Crippen LogP contribution in [-0.2, 0) is 10.4 Å². The number of aromatic hydroxyl groups is 1. The van der Waals surface area contributed by atoms with Crippen molar-refractivity contribution in [2.24, 2.45) is 0 Å². The van der Waals surface area contributed by atoms with Crippen LogP contribution in [0.3, 0.4) is 0 Å². The van der Waals surface area contributed by atoms with Crippen LogP contribution in [0.1, 0.15) is 36.5 Å². The first-order valence-electron chi connectivity index (χ1n) is 7.01. The molecule has 122 valence electrons. The zero-order chi connectivity index (χ0) is 17.0. The minimum absolute atomic E-state index is 0. The van der Waals surface area contributed by atoms with Gasteiger partial charge in [-0.1, -0.05) is 56.3 Å². The summed E-state index contributed by atoms with van der Waals surface area (Å²) in [6.45, 7) is 3.53. The van der Waals surface area contributed by atoms with E-state index in [-0.39, 0.29) is 52.5 Å². The van der Waals surface area contributed by atoms with Gasteiger partial charge in [-0.05, 0) is 29.2 Å². The van der Waals surface area contributed by atoms with Crippen LogP contribution in [0.5, 0.6) is 11.5 Å². The van der Waals surface area contributed by atoms with Crippen LogP contribution < -0.4 is 33.7 Å². The van der Waals surface area contributed by atoms with Crippen molar-refractivity contribution in [3.63, 3.8) is 0 Å². The standard InChI is InChI=1S/C17H18O5S.Na/c1-12(2)17-15(18)10-14(11-16(17)22-23(19,20)21)9-8-13-6-4-3-5-7-13;/h3-12,18H,1-2H3,(H,19,20,21);/q;+1/p-1. The third-order valence-corrected chi connectivity index (χ3v) is 3.56. The van der Waals surface area contributed by atoms with Crippen molar-refractivity contribution in [1.82, 2.24) is 0 Å². The van der Waals surface area contributed by atoms with Crippen LogP contribution >= 0.6 is 0 Å². The van der Waals surface area contributed by atoms with Gasteiger partial charge in [0.1, 0.15) is 11.5 Å². The van der Waals surface area contributed by atoms with Crippen LogP contribution in [-0.4, -0.2) is 18.1 Å². The summed E-state index contributed by atoms with van der Waals surface area (Å²) in [5.74, 6) is -0.476. The van der Waals surface area contributed by atoms with Gasteiger partial charge in [0.25, 0.3) is 10.4 Å². The fourth-order valence-corrected chi connectivity index (χ4v) is 2.60. The van der Waals surface area contributed by atoms with E-state index in [9.17, 15) is 18.1 Å². The number of rotatable bonds is 5. The van der Waals surface area contributed by atoms with Crippen LogP contribution in [0.25, 0.3) is 12.2 Å². The van der Waals surface area contributed by atoms with E-state index >= 15 is 0 Å². The molecule has 0 fully saturated rings. The Bertz CT molecular complexity index is 814. The summed E-state index contributed by atoms with van der Waals surface area (Å²) in [4.78, 5) is 0. The molecule has 0 aromatic heterocycles. The Hall–Kier alpha value is -1.31. The first-order chi connectivity index (χ1) is 10.8. The summed E-state index contributed by atoms with van der Waals surface area (Å²) in [7, 11) is -4.92. The van der Waals surface area contributed by atoms with Crippen molar-refractivity contribution in [2.75, 3.05) is 0 Å². The smallest absolute Gasteiger partial charge is 0.716 e. The van der Waals surface area contributed by atoms with E-state index in [2.05, 4.69) is 4.18 Å². The van der Waals surface area contributed by atoms with E-state index in [1.807, 2.05) is 30.3 Å². The summed E-state index contributed by atoms with van der Waals surface area (Å²) in [5.41, 5.74) is 1.74. The Kier molecular flexibility index (Phi) is 7.51. The molecule has 0 aliphatic heterocycles. The third kappa shape index (κ3) is 5.96. The fraction of sp³-hybridized carbons (Fsp3) is 0.176. The largest absolute Gasteiger partial charge is 1.00 e. The molecule has 0 spiro atoms. The molecule has 2 rings (SSSR count). The van der Waals surface area contributed by atoms with Gasteiger partial charge in [-0.25, -0.2) is 8.42 Å². The van der Waals surface area contributed by atoms with E-state index in [0.29, 0.717) is 5.56 Å². The van der Waals surface area contributed by atoms with Gasteiger partial charge in [0.15, 0.2) is 0 Å². The maximum Gasteiger partial charge on any atom is 1.00 e. The third-order valence-electron chi connectivity index (χ3n) is 3.18. The maximum absolute atomic E-state index is 10.9. The number of hydrogen-bond donors (Lipinski definition) is 1. The van der Waals surface area contributed by atoms with Gasteiger partial charge in [0, 0.05) is 5.56 Å². The molecule has 0 amide bonds. The Morgan fingerprint density at radius 2 is 1.67 bits per heavy atom. The first-order valence-corrected chi connectivity index (χ1v) is 8.35. The number of hydrogen-bond acceptors (Lipinski definition) is 5. The molecule has 0 aliphatic rings. The number of phenolic OH excluding ortho intramolecular Hbond substituents is 1. The Labute approximate surface area is 164 Å². The van der Waals surface area contributed by atoms with Crippen molar-refractivity contribution in [3.8, 4) is 11.5 Å². The van der Waals surface area contributed by atoms with Crippen molar-refractivity contribution in [3.05, 3.63) is 59.2 Å². The molecule has 7 heteroatoms. The molecule has 24 heavy (non-hydrogen) atoms. The van der Waals surface area contributed by atoms with Gasteiger partial charge in [0.05, 0.1) is 0 Å². The van der Waals surface area contributed by atoms with Crippen LogP contribution in [0.4, 0.5) is 0 Å². The zero-order valence-corrected chi connectivity index (χ0v) is 16.6. The summed E-state index contributed by atoms with van der Waals surface area (Å²) in [5, 5.41) is 10.1. The van der Waals surface area contributed by atoms with Gasteiger partial charge in [-0.2, -0.15) is 0 Å². The van der Waals surface area contributed by atoms with E-state index in [1.165, 1.54) is 12.1 Å². The fourth-order valence-electron chi connectivity index (χ4n) is 2.24. The predicted molar refractivity (Wildman–Crippen MR) is 87.9 cm³/mol. The van der Waals surface area contributed by atoms with Crippen molar-refractivity contribution in [2.45, 2.75) is 19.8 Å². The van der Waals surface area contributed by atoms with Crippen molar-refractivity contribution < 1.29 is 51.8 Å². The molecule has 0 radical (unpaired) electrons. The number of phenols is 1. The maximum atomic E-state index is 10.9. The summed E-state index contributed by atoms with van der Waals surface area (Å²) in [6.07, 6.45) is 3.50. The molecule has 0 atom stereocenters. The van der Waals surface area contributed by atoms with Gasteiger partial charge < -0.3 is 13.8 Å². The van der Waals surface area contributed by atoms with Crippen LogP contribution in [0, 0.1) is 0 Å². The Balaban J connectivity index is 0.00000288. The number of benzene rings is 2. The summed E-state index contributed by atoms with van der Waals surface area (Å²) >= 11 is 0. The van der Waals surface area contributed by atoms with E-state index in [4.69, 9.17) is 0 Å². The molecular weight excluding hydrogens is 339 g/mol. The SMILES string of the molecule is CC(C)c1c(O)cc(C=Cc2ccccc2)cc1OS(=O)(=O)[O-].[Na+]. The molecule has 0 aliphatic carbocycles. The van der Waals surface area contributed by atoms with Gasteiger partial charge in [-0.15, -0.1) is 0 Å². The molecule has 0 saturated heterocycles. The second-order valence-corrected chi connectivity index (χ2v) is 6.33. The molecule has 5 nitrogen and oxygen atoms in total. The molecule has 0 heterocycles. The van der Waals surface area contributed by atoms with Crippen molar-refractivity contribution in [1.29, 1.82) is 0 Å². The minimum Gasteiger partial charge on any atom is -0.716 e.